The summed E-state index contributed by atoms with van der Waals surface area (Å²) >= 11 is 0. The minimum Gasteiger partial charge on any atom is -0.329 e. The first kappa shape index (κ1) is 11.0. The van der Waals surface area contributed by atoms with E-state index in [1.54, 1.807) is 6.07 Å². The molecule has 0 unspecified atom stereocenters. The van der Waals surface area contributed by atoms with Crippen LogP contribution in [0.4, 0.5) is 0 Å². The Morgan fingerprint density at radius 1 is 1.29 bits per heavy atom. The number of nitrogens with two attached hydrogens (primary N) is 1. The van der Waals surface area contributed by atoms with E-state index in [1.165, 1.54) is 12.1 Å². The monoisotopic (exact) mass is 233 g/mol. The van der Waals surface area contributed by atoms with Gasteiger partial charge in [-0.2, -0.15) is 0 Å². The minimum atomic E-state index is 0.157. The standard InChI is InChI=1S/C13H19N3O/c14-4-5-15-7-10-6-11(9-15)12-2-1-3-13(17)16(12)8-10/h1-3,10-11H,4-9,14H2/t10-,11+/m0/s1. The molecular formula is C13H19N3O. The third-order valence-electron chi connectivity index (χ3n) is 4.00. The van der Waals surface area contributed by atoms with Crippen molar-refractivity contribution in [2.75, 3.05) is 26.2 Å². The molecule has 0 aliphatic carbocycles. The summed E-state index contributed by atoms with van der Waals surface area (Å²) in [7, 11) is 0. The second kappa shape index (κ2) is 4.27. The van der Waals surface area contributed by atoms with Crippen LogP contribution in [0, 0.1) is 5.92 Å². The Bertz CT molecular complexity index is 468. The highest BCUT2D eigenvalue weighted by Crippen LogP contribution is 2.34. The third-order valence-corrected chi connectivity index (χ3v) is 4.00. The molecule has 2 aliphatic rings. The summed E-state index contributed by atoms with van der Waals surface area (Å²) < 4.78 is 1.97. The molecule has 1 saturated heterocycles. The number of hydrogen-bond donors (Lipinski definition) is 1. The van der Waals surface area contributed by atoms with Crippen molar-refractivity contribution in [3.63, 3.8) is 0 Å². The van der Waals surface area contributed by atoms with E-state index in [1.807, 2.05) is 10.6 Å². The Hall–Kier alpha value is -1.13. The Morgan fingerprint density at radius 2 is 2.18 bits per heavy atom. The van der Waals surface area contributed by atoms with Crippen molar-refractivity contribution in [2.45, 2.75) is 18.9 Å². The van der Waals surface area contributed by atoms with Crippen molar-refractivity contribution in [1.29, 1.82) is 0 Å². The van der Waals surface area contributed by atoms with E-state index in [9.17, 15) is 4.79 Å². The maximum Gasteiger partial charge on any atom is 0.250 e. The van der Waals surface area contributed by atoms with E-state index < -0.39 is 0 Å². The van der Waals surface area contributed by atoms with Crippen LogP contribution < -0.4 is 11.3 Å². The van der Waals surface area contributed by atoms with E-state index in [2.05, 4.69) is 11.0 Å². The predicted molar refractivity (Wildman–Crippen MR) is 67.0 cm³/mol. The van der Waals surface area contributed by atoms with Gasteiger partial charge in [-0.1, -0.05) is 6.07 Å². The summed E-state index contributed by atoms with van der Waals surface area (Å²) in [6, 6.07) is 5.66. The molecule has 4 heteroatoms. The molecule has 2 N–H and O–H groups in total. The SMILES string of the molecule is NCCN1C[C@@H]2C[C@H](C1)c1cccc(=O)n1C2. The van der Waals surface area contributed by atoms with E-state index >= 15 is 0 Å². The number of pyridine rings is 1. The fourth-order valence-corrected chi connectivity index (χ4v) is 3.36. The number of rotatable bonds is 2. The average molecular weight is 233 g/mol. The molecule has 3 heterocycles. The topological polar surface area (TPSA) is 51.3 Å². The number of aromatic nitrogens is 1. The van der Waals surface area contributed by atoms with Gasteiger partial charge in [0.2, 0.25) is 0 Å². The highest BCUT2D eigenvalue weighted by atomic mass is 16.1. The normalized spacial score (nSPS) is 27.8. The number of hydrogen-bond acceptors (Lipinski definition) is 3. The highest BCUT2D eigenvalue weighted by molar-refractivity contribution is 5.16. The van der Waals surface area contributed by atoms with E-state index in [0.717, 1.165) is 32.7 Å². The first-order valence-electron chi connectivity index (χ1n) is 6.40. The van der Waals surface area contributed by atoms with Gasteiger partial charge >= 0.3 is 0 Å². The fraction of sp³-hybridized carbons (Fsp3) is 0.615. The molecular weight excluding hydrogens is 214 g/mol. The first-order chi connectivity index (χ1) is 8.28. The summed E-state index contributed by atoms with van der Waals surface area (Å²) in [6.07, 6.45) is 1.23. The van der Waals surface area contributed by atoms with Crippen LogP contribution in [-0.4, -0.2) is 35.6 Å². The summed E-state index contributed by atoms with van der Waals surface area (Å²) in [4.78, 5) is 14.3. The van der Waals surface area contributed by atoms with Crippen LogP contribution in [0.3, 0.4) is 0 Å². The molecule has 4 nitrogen and oxygen atoms in total. The van der Waals surface area contributed by atoms with Crippen LogP contribution in [0.5, 0.6) is 0 Å². The number of piperidine rings is 1. The fourth-order valence-electron chi connectivity index (χ4n) is 3.36. The van der Waals surface area contributed by atoms with Crippen LogP contribution in [0.15, 0.2) is 23.0 Å². The molecule has 1 fully saturated rings. The number of nitrogens with zero attached hydrogens (tertiary/aromatic N) is 2. The second-order valence-electron chi connectivity index (χ2n) is 5.25. The predicted octanol–water partition coefficient (Wildman–Crippen LogP) is 0.226. The smallest absolute Gasteiger partial charge is 0.250 e. The van der Waals surface area contributed by atoms with Crippen molar-refractivity contribution in [3.8, 4) is 0 Å². The zero-order valence-electron chi connectivity index (χ0n) is 10.0. The zero-order chi connectivity index (χ0) is 11.8. The molecule has 92 valence electrons. The van der Waals surface area contributed by atoms with E-state index in [-0.39, 0.29) is 5.56 Å². The molecule has 3 rings (SSSR count). The van der Waals surface area contributed by atoms with Crippen LogP contribution in [0.2, 0.25) is 0 Å². The molecule has 0 aromatic carbocycles. The van der Waals surface area contributed by atoms with Crippen LogP contribution in [0.25, 0.3) is 0 Å². The Morgan fingerprint density at radius 3 is 3.00 bits per heavy atom. The van der Waals surface area contributed by atoms with Crippen molar-refractivity contribution in [2.24, 2.45) is 11.7 Å². The van der Waals surface area contributed by atoms with Gasteiger partial charge in [0.05, 0.1) is 0 Å². The molecule has 0 amide bonds. The minimum absolute atomic E-state index is 0.157. The van der Waals surface area contributed by atoms with Gasteiger partial charge in [0.25, 0.3) is 5.56 Å². The molecule has 1 aromatic rings. The molecule has 17 heavy (non-hydrogen) atoms. The zero-order valence-corrected chi connectivity index (χ0v) is 10.0. The van der Waals surface area contributed by atoms with Gasteiger partial charge in [0.1, 0.15) is 0 Å². The second-order valence-corrected chi connectivity index (χ2v) is 5.25. The molecule has 2 atom stereocenters. The molecule has 0 spiro atoms. The van der Waals surface area contributed by atoms with E-state index in [4.69, 9.17) is 5.73 Å². The maximum atomic E-state index is 11.8. The van der Waals surface area contributed by atoms with Crippen molar-refractivity contribution < 1.29 is 0 Å². The van der Waals surface area contributed by atoms with Crippen LogP contribution in [-0.2, 0) is 6.54 Å². The van der Waals surface area contributed by atoms with Crippen molar-refractivity contribution in [1.82, 2.24) is 9.47 Å². The average Bonchev–Trinajstić information content (AvgIpc) is 2.31. The lowest BCUT2D eigenvalue weighted by atomic mass is 9.83. The largest absolute Gasteiger partial charge is 0.329 e. The summed E-state index contributed by atoms with van der Waals surface area (Å²) in [5.74, 6) is 1.14. The number of likely N-dealkylation sites (tertiary alicyclic amines) is 1. The molecule has 0 saturated carbocycles. The Labute approximate surface area is 101 Å². The van der Waals surface area contributed by atoms with Crippen molar-refractivity contribution >= 4 is 0 Å². The van der Waals surface area contributed by atoms with E-state index in [0.29, 0.717) is 11.8 Å². The van der Waals surface area contributed by atoms with Gasteiger partial charge in [-0.3, -0.25) is 4.79 Å². The lowest BCUT2D eigenvalue weighted by molar-refractivity contribution is 0.123. The van der Waals surface area contributed by atoms with Crippen LogP contribution >= 0.6 is 0 Å². The Balaban J connectivity index is 1.93. The van der Waals surface area contributed by atoms with Gasteiger partial charge in [0.15, 0.2) is 0 Å². The van der Waals surface area contributed by atoms with Gasteiger partial charge in [0, 0.05) is 50.4 Å². The van der Waals surface area contributed by atoms with Gasteiger partial charge in [-0.05, 0) is 18.4 Å². The molecule has 0 radical (unpaired) electrons. The Kier molecular flexibility index (Phi) is 2.76. The molecule has 2 aliphatic heterocycles. The highest BCUT2D eigenvalue weighted by Gasteiger charge is 2.33. The maximum absolute atomic E-state index is 11.8. The molecule has 1 aromatic heterocycles. The third kappa shape index (κ3) is 1.91. The lowest BCUT2D eigenvalue weighted by Gasteiger charge is -2.42. The summed E-state index contributed by atoms with van der Waals surface area (Å²) in [5.41, 5.74) is 7.01. The van der Waals surface area contributed by atoms with Gasteiger partial charge in [-0.15, -0.1) is 0 Å². The molecule has 2 bridgehead atoms. The summed E-state index contributed by atoms with van der Waals surface area (Å²) in [6.45, 7) is 4.73. The number of fused-ring (bicyclic) bond motifs is 4. The lowest BCUT2D eigenvalue weighted by Crippen LogP contribution is -2.48. The van der Waals surface area contributed by atoms with Gasteiger partial charge in [-0.25, -0.2) is 0 Å². The first-order valence-corrected chi connectivity index (χ1v) is 6.40. The van der Waals surface area contributed by atoms with Crippen LogP contribution in [0.1, 0.15) is 18.0 Å². The van der Waals surface area contributed by atoms with Gasteiger partial charge < -0.3 is 15.2 Å². The quantitative estimate of drug-likeness (QED) is 0.795. The summed E-state index contributed by atoms with van der Waals surface area (Å²) in [5, 5.41) is 0. The van der Waals surface area contributed by atoms with Crippen molar-refractivity contribution in [3.05, 3.63) is 34.2 Å².